The number of aryl methyl sites for hydroxylation is 1. The molecule has 0 saturated carbocycles. The lowest BCUT2D eigenvalue weighted by molar-refractivity contribution is 0.181. The fraction of sp³-hybridized carbons (Fsp3) is 0.500. The molecule has 0 radical (unpaired) electrons. The van der Waals surface area contributed by atoms with E-state index in [-0.39, 0.29) is 0 Å². The second-order valence-electron chi connectivity index (χ2n) is 4.56. The third-order valence-electron chi connectivity index (χ3n) is 2.93. The molecule has 21 heavy (non-hydrogen) atoms. The van der Waals surface area contributed by atoms with Crippen molar-refractivity contribution in [2.75, 3.05) is 19.0 Å². The molecule has 0 atom stereocenters. The van der Waals surface area contributed by atoms with Crippen molar-refractivity contribution in [1.82, 2.24) is 19.7 Å². The van der Waals surface area contributed by atoms with E-state index in [9.17, 15) is 0 Å². The van der Waals surface area contributed by atoms with E-state index in [4.69, 9.17) is 4.74 Å². The fourth-order valence-corrected chi connectivity index (χ4v) is 2.47. The van der Waals surface area contributed by atoms with Crippen molar-refractivity contribution < 1.29 is 4.74 Å². The maximum absolute atomic E-state index is 5.22. The van der Waals surface area contributed by atoms with Crippen LogP contribution in [0.4, 0.5) is 5.82 Å². The topological polar surface area (TPSA) is 64.9 Å². The minimum Gasteiger partial charge on any atom is -0.378 e. The molecule has 0 aliphatic carbocycles. The lowest BCUT2D eigenvalue weighted by atomic mass is 10.3. The molecule has 0 bridgehead atoms. The Morgan fingerprint density at radius 2 is 2.14 bits per heavy atom. The van der Waals surface area contributed by atoms with Crippen LogP contribution in [0, 0.1) is 0 Å². The number of anilines is 1. The first-order valence-corrected chi connectivity index (χ1v) is 7.81. The number of hydrogen-bond donors (Lipinski definition) is 1. The average Bonchev–Trinajstić information content (AvgIpc) is 2.92. The number of rotatable bonds is 7. The molecule has 2 aromatic heterocycles. The highest BCUT2D eigenvalue weighted by Crippen LogP contribution is 2.27. The van der Waals surface area contributed by atoms with Gasteiger partial charge in [0.15, 0.2) is 5.82 Å². The second-order valence-corrected chi connectivity index (χ2v) is 5.35. The molecule has 0 amide bonds. The first-order valence-electron chi connectivity index (χ1n) is 7.02. The van der Waals surface area contributed by atoms with Gasteiger partial charge in [0.25, 0.3) is 0 Å². The van der Waals surface area contributed by atoms with Gasteiger partial charge >= 0.3 is 0 Å². The SMILES string of the molecule is CCCn1nccc1-c1nc(COC)c(Br)c(NCC)n1. The summed E-state index contributed by atoms with van der Waals surface area (Å²) in [6.07, 6.45) is 2.79. The van der Waals surface area contributed by atoms with Crippen LogP contribution >= 0.6 is 15.9 Å². The first-order chi connectivity index (χ1) is 10.2. The summed E-state index contributed by atoms with van der Waals surface area (Å²) in [7, 11) is 1.66. The molecule has 0 saturated heterocycles. The van der Waals surface area contributed by atoms with Crippen LogP contribution in [0.25, 0.3) is 11.5 Å². The first kappa shape index (κ1) is 15.9. The fourth-order valence-electron chi connectivity index (χ4n) is 2.04. The van der Waals surface area contributed by atoms with Crippen LogP contribution in [0.3, 0.4) is 0 Å². The van der Waals surface area contributed by atoms with Crippen molar-refractivity contribution in [3.63, 3.8) is 0 Å². The smallest absolute Gasteiger partial charge is 0.180 e. The van der Waals surface area contributed by atoms with E-state index in [1.54, 1.807) is 13.3 Å². The van der Waals surface area contributed by atoms with Gasteiger partial charge < -0.3 is 10.1 Å². The van der Waals surface area contributed by atoms with Gasteiger partial charge in [0.05, 0.1) is 16.8 Å². The van der Waals surface area contributed by atoms with Crippen LogP contribution in [-0.2, 0) is 17.9 Å². The number of nitrogens with one attached hydrogen (secondary N) is 1. The van der Waals surface area contributed by atoms with Crippen LogP contribution in [0.1, 0.15) is 26.0 Å². The maximum atomic E-state index is 5.22. The lowest BCUT2D eigenvalue weighted by Crippen LogP contribution is -2.09. The van der Waals surface area contributed by atoms with Crippen molar-refractivity contribution in [2.24, 2.45) is 0 Å². The Hall–Kier alpha value is -1.47. The number of methoxy groups -OCH3 is 1. The largest absolute Gasteiger partial charge is 0.378 e. The minimum absolute atomic E-state index is 0.427. The minimum atomic E-state index is 0.427. The van der Waals surface area contributed by atoms with Crippen molar-refractivity contribution in [3.8, 4) is 11.5 Å². The second kappa shape index (κ2) is 7.51. The van der Waals surface area contributed by atoms with Crippen LogP contribution in [0.15, 0.2) is 16.7 Å². The third kappa shape index (κ3) is 3.59. The summed E-state index contributed by atoms with van der Waals surface area (Å²) in [5, 5.41) is 7.57. The van der Waals surface area contributed by atoms with Crippen LogP contribution in [-0.4, -0.2) is 33.4 Å². The van der Waals surface area contributed by atoms with E-state index < -0.39 is 0 Å². The molecule has 0 unspecified atom stereocenters. The molecular formula is C14H20BrN5O. The lowest BCUT2D eigenvalue weighted by Gasteiger charge is -2.12. The molecule has 2 rings (SSSR count). The molecule has 1 N–H and O–H groups in total. The number of nitrogens with zero attached hydrogens (tertiary/aromatic N) is 4. The van der Waals surface area contributed by atoms with Crippen molar-refractivity contribution >= 4 is 21.7 Å². The molecule has 0 aromatic carbocycles. The number of hydrogen-bond acceptors (Lipinski definition) is 5. The quantitative estimate of drug-likeness (QED) is 0.828. The zero-order valence-corrected chi connectivity index (χ0v) is 14.1. The van der Waals surface area contributed by atoms with Crippen LogP contribution < -0.4 is 5.32 Å². The highest BCUT2D eigenvalue weighted by Gasteiger charge is 2.15. The van der Waals surface area contributed by atoms with Gasteiger partial charge in [0, 0.05) is 26.4 Å². The molecule has 0 aliphatic rings. The molecular weight excluding hydrogens is 334 g/mol. The Morgan fingerprint density at radius 1 is 1.33 bits per heavy atom. The molecule has 2 heterocycles. The van der Waals surface area contributed by atoms with Gasteiger partial charge in [-0.25, -0.2) is 9.97 Å². The van der Waals surface area contributed by atoms with Gasteiger partial charge in [-0.15, -0.1) is 0 Å². The van der Waals surface area contributed by atoms with Crippen molar-refractivity contribution in [3.05, 3.63) is 22.4 Å². The monoisotopic (exact) mass is 353 g/mol. The van der Waals surface area contributed by atoms with Gasteiger partial charge in [-0.3, -0.25) is 4.68 Å². The van der Waals surface area contributed by atoms with Gasteiger partial charge in [0.2, 0.25) is 0 Å². The normalized spacial score (nSPS) is 10.9. The maximum Gasteiger partial charge on any atom is 0.180 e. The van der Waals surface area contributed by atoms with E-state index >= 15 is 0 Å². The third-order valence-corrected chi connectivity index (χ3v) is 3.76. The molecule has 7 heteroatoms. The predicted molar refractivity (Wildman–Crippen MR) is 86.1 cm³/mol. The molecule has 0 fully saturated rings. The van der Waals surface area contributed by atoms with Crippen molar-refractivity contribution in [2.45, 2.75) is 33.4 Å². The summed E-state index contributed by atoms with van der Waals surface area (Å²) in [4.78, 5) is 9.21. The summed E-state index contributed by atoms with van der Waals surface area (Å²) < 4.78 is 7.99. The van der Waals surface area contributed by atoms with Crippen molar-refractivity contribution in [1.29, 1.82) is 0 Å². The molecule has 0 aliphatic heterocycles. The van der Waals surface area contributed by atoms with Gasteiger partial charge in [-0.05, 0) is 35.3 Å². The molecule has 114 valence electrons. The molecule has 6 nitrogen and oxygen atoms in total. The number of halogens is 1. The summed E-state index contributed by atoms with van der Waals surface area (Å²) in [6.45, 7) is 6.21. The van der Waals surface area contributed by atoms with Crippen LogP contribution in [0.2, 0.25) is 0 Å². The van der Waals surface area contributed by atoms with E-state index in [1.165, 1.54) is 0 Å². The Labute approximate surface area is 133 Å². The number of ether oxygens (including phenoxy) is 1. The zero-order chi connectivity index (χ0) is 15.2. The summed E-state index contributed by atoms with van der Waals surface area (Å²) in [5.74, 6) is 1.44. The molecule has 0 spiro atoms. The Bertz CT molecular complexity index is 572. The Morgan fingerprint density at radius 3 is 2.81 bits per heavy atom. The predicted octanol–water partition coefficient (Wildman–Crippen LogP) is 3.09. The highest BCUT2D eigenvalue weighted by atomic mass is 79.9. The average molecular weight is 354 g/mol. The Kier molecular flexibility index (Phi) is 5.69. The van der Waals surface area contributed by atoms with Gasteiger partial charge in [-0.1, -0.05) is 6.92 Å². The van der Waals surface area contributed by atoms with Crippen LogP contribution in [0.5, 0.6) is 0 Å². The summed E-state index contributed by atoms with van der Waals surface area (Å²) in [5.41, 5.74) is 1.74. The molecule has 2 aromatic rings. The van der Waals surface area contributed by atoms with E-state index in [2.05, 4.69) is 43.2 Å². The van der Waals surface area contributed by atoms with E-state index in [1.807, 2.05) is 17.7 Å². The summed E-state index contributed by atoms with van der Waals surface area (Å²) >= 11 is 3.54. The van der Waals surface area contributed by atoms with Gasteiger partial charge in [0.1, 0.15) is 11.5 Å². The van der Waals surface area contributed by atoms with E-state index in [0.717, 1.165) is 41.2 Å². The highest BCUT2D eigenvalue weighted by molar-refractivity contribution is 9.10. The standard InChI is InChI=1S/C14H20BrN5O/c1-4-8-20-11(6-7-17-20)13-18-10(9-21-3)12(15)14(19-13)16-5-2/h6-7H,4-5,8-9H2,1-3H3,(H,16,18,19). The van der Waals surface area contributed by atoms with Gasteiger partial charge in [-0.2, -0.15) is 5.10 Å². The zero-order valence-electron chi connectivity index (χ0n) is 12.6. The summed E-state index contributed by atoms with van der Waals surface area (Å²) in [6, 6.07) is 1.94. The number of aromatic nitrogens is 4. The Balaban J connectivity index is 2.49. The van der Waals surface area contributed by atoms with E-state index in [0.29, 0.717) is 12.4 Å².